The highest BCUT2D eigenvalue weighted by molar-refractivity contribution is 5.99. The standard InChI is InChI=1S/C24H22F3N5O.C22H24F3N3O2.C21H20F4N2O2/c1-14-3-7-19(22-28-9-2-10-29-22)21(31-14)23(33)32-18-6-8-20(32)15(12-18)11-17-5-4-16(13-30-17)24(25,26)27;1-3-30-19-9-4-13(2)27-20(19)21(29)28-17-7-8-18(28)14(11-17)10-16-6-5-15(12-26-16)22(23,24)25;1-29-19-16(3-2-4-17(19)22)20(28)27-15-7-8-18(27)12(10-15)9-14-6-5-13(11-26-14)21(23,24)25/h2-5,7,9-10,13,15,18,20H,6,8,11-12H2,1H3;4-6,9,12,14,17-18H,3,7-8,10-11H2,1-2H3;2-6,11-12,15,18H,7-10H2,1H3. The summed E-state index contributed by atoms with van der Waals surface area (Å²) in [6.45, 7) is 5.98. The molecule has 6 aliphatic heterocycles. The van der Waals surface area contributed by atoms with Crippen molar-refractivity contribution in [1.82, 2.24) is 49.6 Å². The Bertz CT molecular complexity index is 3790. The SMILES string of the molecule is CCOc1ccc(C)nc1C(=O)N1C2CCC1C(Cc1ccc(C(F)(F)F)cn1)C2.COc1c(F)cccc1C(=O)N1C2CCC1C(Cc1ccc(C(F)(F)F)cn1)C2.Cc1ccc(-c2ncccn2)c(C(=O)N2C3CCC2C(Cc2ccc(C(F)(F)F)cn2)C3)n1. The molecule has 6 fully saturated rings. The molecule has 6 aromatic heterocycles. The van der Waals surface area contributed by atoms with Crippen molar-refractivity contribution in [3.8, 4) is 22.9 Å². The molecule has 1 aromatic carbocycles. The van der Waals surface area contributed by atoms with Gasteiger partial charge in [-0.3, -0.25) is 29.3 Å². The first-order valence-electron chi connectivity index (χ1n) is 30.6. The molecule has 0 aliphatic carbocycles. The summed E-state index contributed by atoms with van der Waals surface area (Å²) in [6.07, 6.45) is 1.96. The fourth-order valence-corrected chi connectivity index (χ4v) is 14.5. The molecule has 15 nitrogen and oxygen atoms in total. The number of para-hydroxylation sites is 1. The van der Waals surface area contributed by atoms with E-state index in [1.165, 1.54) is 37.4 Å². The van der Waals surface area contributed by atoms with Crippen molar-refractivity contribution < 1.29 is 67.8 Å². The number of methoxy groups -OCH3 is 1. The molecule has 6 saturated heterocycles. The monoisotopic (exact) mass is 1280 g/mol. The van der Waals surface area contributed by atoms with E-state index >= 15 is 0 Å². The number of hydrogen-bond donors (Lipinski definition) is 0. The van der Waals surface area contributed by atoms with E-state index in [9.17, 15) is 58.3 Å². The Morgan fingerprint density at radius 1 is 0.511 bits per heavy atom. The van der Waals surface area contributed by atoms with Crippen LogP contribution in [0.2, 0.25) is 0 Å². The van der Waals surface area contributed by atoms with Crippen molar-refractivity contribution in [2.24, 2.45) is 17.8 Å². The molecule has 0 radical (unpaired) electrons. The Kier molecular flexibility index (Phi) is 18.7. The summed E-state index contributed by atoms with van der Waals surface area (Å²) in [5.41, 5.74) is 2.48. The number of halogens is 10. The largest absolute Gasteiger partial charge is 0.493 e. The molecule has 3 amide bonds. The third-order valence-corrected chi connectivity index (χ3v) is 18.5. The molecule has 25 heteroatoms. The van der Waals surface area contributed by atoms with Gasteiger partial charge in [-0.15, -0.1) is 0 Å². The molecule has 92 heavy (non-hydrogen) atoms. The predicted octanol–water partition coefficient (Wildman–Crippen LogP) is 13.4. The number of aromatic nitrogens is 7. The minimum Gasteiger partial charge on any atom is -0.493 e. The average Bonchev–Trinajstić information content (AvgIpc) is 1.62. The van der Waals surface area contributed by atoms with Crippen molar-refractivity contribution in [1.29, 1.82) is 0 Å². The number of hydrogen-bond acceptors (Lipinski definition) is 12. The smallest absolute Gasteiger partial charge is 0.417 e. The summed E-state index contributed by atoms with van der Waals surface area (Å²) in [4.78, 5) is 75.4. The van der Waals surface area contributed by atoms with Crippen LogP contribution in [0.25, 0.3) is 11.4 Å². The van der Waals surface area contributed by atoms with Crippen LogP contribution in [0.5, 0.6) is 11.5 Å². The molecule has 0 N–H and O–H groups in total. The summed E-state index contributed by atoms with van der Waals surface area (Å²) in [5, 5.41) is 0. The Morgan fingerprint density at radius 2 is 0.935 bits per heavy atom. The molecule has 7 aromatic rings. The van der Waals surface area contributed by atoms with Crippen molar-refractivity contribution in [3.05, 3.63) is 184 Å². The van der Waals surface area contributed by atoms with Crippen molar-refractivity contribution in [3.63, 3.8) is 0 Å². The zero-order valence-corrected chi connectivity index (χ0v) is 50.7. The second kappa shape index (κ2) is 26.5. The molecule has 9 unspecified atom stereocenters. The van der Waals surface area contributed by atoms with Gasteiger partial charge in [0.25, 0.3) is 17.7 Å². The van der Waals surface area contributed by atoms with Crippen molar-refractivity contribution >= 4 is 17.7 Å². The number of benzene rings is 1. The Balaban J connectivity index is 0.000000142. The summed E-state index contributed by atoms with van der Waals surface area (Å²) in [6, 6.07) is 21.0. The van der Waals surface area contributed by atoms with Gasteiger partial charge < -0.3 is 24.2 Å². The van der Waals surface area contributed by atoms with Crippen LogP contribution in [0, 0.1) is 37.4 Å². The van der Waals surface area contributed by atoms with Gasteiger partial charge in [-0.1, -0.05) is 6.07 Å². The molecule has 12 heterocycles. The summed E-state index contributed by atoms with van der Waals surface area (Å²) >= 11 is 0. The fourth-order valence-electron chi connectivity index (χ4n) is 14.5. The first kappa shape index (κ1) is 64.9. The van der Waals surface area contributed by atoms with Gasteiger partial charge in [0.05, 0.1) is 41.5 Å². The van der Waals surface area contributed by atoms with Crippen LogP contribution in [-0.2, 0) is 37.8 Å². The number of ether oxygens (including phenoxy) is 2. The molecule has 9 atom stereocenters. The van der Waals surface area contributed by atoms with E-state index in [-0.39, 0.29) is 83.0 Å². The number of pyridine rings is 5. The number of rotatable bonds is 13. The predicted molar refractivity (Wildman–Crippen MR) is 315 cm³/mol. The summed E-state index contributed by atoms with van der Waals surface area (Å²) in [7, 11) is 1.33. The average molecular weight is 1280 g/mol. The summed E-state index contributed by atoms with van der Waals surface area (Å²) < 4.78 is 140. The van der Waals surface area contributed by atoms with Gasteiger partial charge >= 0.3 is 18.5 Å². The summed E-state index contributed by atoms with van der Waals surface area (Å²) in [5.74, 6) is 0.189. The lowest BCUT2D eigenvalue weighted by Crippen LogP contribution is -2.37. The lowest BCUT2D eigenvalue weighted by molar-refractivity contribution is -0.138. The number of alkyl halides is 9. The van der Waals surface area contributed by atoms with E-state index in [2.05, 4.69) is 34.9 Å². The van der Waals surface area contributed by atoms with Crippen LogP contribution < -0.4 is 9.47 Å². The van der Waals surface area contributed by atoms with Crippen LogP contribution >= 0.6 is 0 Å². The van der Waals surface area contributed by atoms with E-state index in [1.54, 1.807) is 35.5 Å². The van der Waals surface area contributed by atoms with Gasteiger partial charge in [0, 0.05) is 95.7 Å². The van der Waals surface area contributed by atoms with Crippen LogP contribution in [0.1, 0.15) is 141 Å². The number of carbonyl (C=O) groups is 3. The highest BCUT2D eigenvalue weighted by Crippen LogP contribution is 2.48. The minimum absolute atomic E-state index is 0.0125. The van der Waals surface area contributed by atoms with Gasteiger partial charge in [-0.05, 0) is 194 Å². The maximum Gasteiger partial charge on any atom is 0.417 e. The Morgan fingerprint density at radius 3 is 1.35 bits per heavy atom. The number of amides is 3. The first-order valence-corrected chi connectivity index (χ1v) is 30.6. The maximum atomic E-state index is 14.0. The van der Waals surface area contributed by atoms with E-state index in [4.69, 9.17) is 9.47 Å². The van der Waals surface area contributed by atoms with E-state index in [0.717, 1.165) is 106 Å². The van der Waals surface area contributed by atoms with Crippen LogP contribution in [0.3, 0.4) is 0 Å². The van der Waals surface area contributed by atoms with Gasteiger partial charge in [-0.25, -0.2) is 24.3 Å². The molecule has 13 rings (SSSR count). The van der Waals surface area contributed by atoms with Crippen LogP contribution in [-0.4, -0.2) is 117 Å². The minimum atomic E-state index is -4.41. The zero-order valence-electron chi connectivity index (χ0n) is 50.7. The zero-order chi connectivity index (χ0) is 65.4. The van der Waals surface area contributed by atoms with Gasteiger partial charge in [0.1, 0.15) is 5.69 Å². The number of nitrogens with zero attached hydrogens (tertiary/aromatic N) is 10. The molecule has 0 spiro atoms. The second-order valence-electron chi connectivity index (χ2n) is 24.2. The third-order valence-electron chi connectivity index (χ3n) is 18.5. The Labute approximate surface area is 524 Å². The maximum absolute atomic E-state index is 14.0. The number of carbonyl (C=O) groups excluding carboxylic acids is 3. The van der Waals surface area contributed by atoms with E-state index in [0.29, 0.717) is 71.5 Å². The fraction of sp³-hybridized carbons (Fsp3) is 0.433. The van der Waals surface area contributed by atoms with Crippen LogP contribution in [0.4, 0.5) is 43.9 Å². The van der Waals surface area contributed by atoms with Gasteiger partial charge in [0.15, 0.2) is 28.8 Å². The normalized spacial score (nSPS) is 22.8. The van der Waals surface area contributed by atoms with E-state index in [1.807, 2.05) is 48.8 Å². The van der Waals surface area contributed by atoms with E-state index < -0.39 is 41.0 Å². The molecular formula is C67H66F10N10O5. The third kappa shape index (κ3) is 13.8. The van der Waals surface area contributed by atoms with Gasteiger partial charge in [-0.2, -0.15) is 39.5 Å². The lowest BCUT2D eigenvalue weighted by atomic mass is 9.86. The highest BCUT2D eigenvalue weighted by atomic mass is 19.4. The molecule has 6 aliphatic rings. The van der Waals surface area contributed by atoms with Crippen molar-refractivity contribution in [2.45, 2.75) is 153 Å². The molecule has 484 valence electrons. The van der Waals surface area contributed by atoms with Crippen molar-refractivity contribution in [2.75, 3.05) is 13.7 Å². The molecular weight excluding hydrogens is 1210 g/mol. The Hall–Kier alpha value is -8.64. The highest BCUT2D eigenvalue weighted by Gasteiger charge is 2.52. The number of aryl methyl sites for hydroxylation is 2. The topological polar surface area (TPSA) is 170 Å². The lowest BCUT2D eigenvalue weighted by Gasteiger charge is -2.25. The quantitative estimate of drug-likeness (QED) is 0.100. The molecule has 0 saturated carbocycles. The van der Waals surface area contributed by atoms with Crippen LogP contribution in [0.15, 0.2) is 116 Å². The second-order valence-corrected chi connectivity index (χ2v) is 24.2. The molecule has 6 bridgehead atoms. The van der Waals surface area contributed by atoms with Gasteiger partial charge in [0.2, 0.25) is 0 Å². The first-order chi connectivity index (χ1) is 43.9. The number of fused-ring (bicyclic) bond motifs is 6.